The van der Waals surface area contributed by atoms with Crippen molar-refractivity contribution in [3.05, 3.63) is 24.0 Å². The summed E-state index contributed by atoms with van der Waals surface area (Å²) in [4.78, 5) is 27.8. The maximum absolute atomic E-state index is 12.1. The molecule has 1 amide bonds. The summed E-state index contributed by atoms with van der Waals surface area (Å²) in [7, 11) is 0. The Morgan fingerprint density at radius 2 is 2.05 bits per heavy atom. The highest BCUT2D eigenvalue weighted by atomic mass is 16.4. The van der Waals surface area contributed by atoms with Crippen molar-refractivity contribution < 1.29 is 14.7 Å². The molecule has 0 aromatic carbocycles. The fourth-order valence-electron chi connectivity index (χ4n) is 2.81. The van der Waals surface area contributed by atoms with E-state index in [0.29, 0.717) is 18.5 Å². The van der Waals surface area contributed by atoms with Gasteiger partial charge >= 0.3 is 5.97 Å². The zero-order valence-corrected chi connectivity index (χ0v) is 11.7. The summed E-state index contributed by atoms with van der Waals surface area (Å²) in [5.41, 5.74) is 0.487. The minimum atomic E-state index is -0.890. The number of hydrogen-bond donors (Lipinski definition) is 2. The van der Waals surface area contributed by atoms with Crippen LogP contribution in [0.25, 0.3) is 0 Å². The van der Waals surface area contributed by atoms with E-state index in [1.54, 1.807) is 18.3 Å². The lowest BCUT2D eigenvalue weighted by atomic mass is 9.71. The molecular weight excluding hydrogens is 256 g/mol. The van der Waals surface area contributed by atoms with Gasteiger partial charge in [-0.1, -0.05) is 19.3 Å². The van der Waals surface area contributed by atoms with Gasteiger partial charge in [-0.3, -0.25) is 14.6 Å². The number of nitrogens with zero attached hydrogens (tertiary/aromatic N) is 1. The maximum atomic E-state index is 12.1. The van der Waals surface area contributed by atoms with E-state index in [1.807, 2.05) is 6.92 Å². The number of anilines is 1. The second-order valence-corrected chi connectivity index (χ2v) is 5.51. The highest BCUT2D eigenvalue weighted by Crippen LogP contribution is 2.39. The Hall–Kier alpha value is -1.91. The summed E-state index contributed by atoms with van der Waals surface area (Å²) in [6.07, 6.45) is 5.68. The van der Waals surface area contributed by atoms with E-state index < -0.39 is 11.4 Å². The molecule has 20 heavy (non-hydrogen) atoms. The largest absolute Gasteiger partial charge is 0.481 e. The number of carbonyl (C=O) groups excluding carboxylic acids is 1. The number of rotatable bonds is 4. The van der Waals surface area contributed by atoms with Crippen molar-refractivity contribution in [3.63, 3.8) is 0 Å². The molecular formula is C15H20N2O3. The van der Waals surface area contributed by atoms with Crippen molar-refractivity contribution in [3.8, 4) is 0 Å². The molecule has 0 aliphatic heterocycles. The van der Waals surface area contributed by atoms with Crippen LogP contribution in [0.15, 0.2) is 18.3 Å². The molecule has 0 unspecified atom stereocenters. The normalized spacial score (nSPS) is 17.4. The molecule has 1 aliphatic carbocycles. The Kier molecular flexibility index (Phi) is 4.37. The van der Waals surface area contributed by atoms with Crippen LogP contribution in [0.5, 0.6) is 0 Å². The molecule has 0 atom stereocenters. The minimum Gasteiger partial charge on any atom is -0.481 e. The van der Waals surface area contributed by atoms with Gasteiger partial charge < -0.3 is 10.4 Å². The highest BCUT2D eigenvalue weighted by molar-refractivity contribution is 5.94. The average molecular weight is 276 g/mol. The van der Waals surface area contributed by atoms with Gasteiger partial charge in [-0.2, -0.15) is 0 Å². The topological polar surface area (TPSA) is 79.3 Å². The van der Waals surface area contributed by atoms with Crippen LogP contribution in [0.4, 0.5) is 5.69 Å². The zero-order valence-electron chi connectivity index (χ0n) is 11.7. The lowest BCUT2D eigenvalue weighted by molar-refractivity contribution is -0.153. The first-order valence-electron chi connectivity index (χ1n) is 6.98. The van der Waals surface area contributed by atoms with Crippen molar-refractivity contribution in [2.24, 2.45) is 5.41 Å². The number of carboxylic acids is 1. The molecule has 1 saturated carbocycles. The van der Waals surface area contributed by atoms with E-state index in [2.05, 4.69) is 10.3 Å². The lowest BCUT2D eigenvalue weighted by Gasteiger charge is -2.32. The molecule has 0 spiro atoms. The average Bonchev–Trinajstić information content (AvgIpc) is 2.42. The van der Waals surface area contributed by atoms with Gasteiger partial charge in [0.1, 0.15) is 0 Å². The van der Waals surface area contributed by atoms with E-state index in [9.17, 15) is 14.7 Å². The van der Waals surface area contributed by atoms with Crippen molar-refractivity contribution in [2.45, 2.75) is 45.4 Å². The van der Waals surface area contributed by atoms with Crippen molar-refractivity contribution in [2.75, 3.05) is 5.32 Å². The first-order chi connectivity index (χ1) is 9.53. The van der Waals surface area contributed by atoms with Crippen LogP contribution in [0.3, 0.4) is 0 Å². The lowest BCUT2D eigenvalue weighted by Crippen LogP contribution is -2.37. The van der Waals surface area contributed by atoms with Crippen LogP contribution >= 0.6 is 0 Å². The fourth-order valence-corrected chi connectivity index (χ4v) is 2.81. The summed E-state index contributed by atoms with van der Waals surface area (Å²) in [6, 6.07) is 3.52. The highest BCUT2D eigenvalue weighted by Gasteiger charge is 2.41. The van der Waals surface area contributed by atoms with Crippen molar-refractivity contribution >= 4 is 17.6 Å². The number of amides is 1. The molecule has 1 fully saturated rings. The number of pyridine rings is 1. The van der Waals surface area contributed by atoms with E-state index in [-0.39, 0.29) is 12.3 Å². The van der Waals surface area contributed by atoms with Crippen LogP contribution in [0, 0.1) is 12.3 Å². The number of carbonyl (C=O) groups is 2. The Labute approximate surface area is 118 Å². The van der Waals surface area contributed by atoms with E-state index >= 15 is 0 Å². The van der Waals surface area contributed by atoms with Gasteiger partial charge in [0.05, 0.1) is 16.8 Å². The van der Waals surface area contributed by atoms with Crippen LogP contribution in [-0.2, 0) is 9.59 Å². The Morgan fingerprint density at radius 3 is 2.65 bits per heavy atom. The molecule has 2 rings (SSSR count). The Balaban J connectivity index is 2.06. The van der Waals surface area contributed by atoms with Crippen molar-refractivity contribution in [1.82, 2.24) is 4.98 Å². The van der Waals surface area contributed by atoms with Crippen LogP contribution in [0.2, 0.25) is 0 Å². The predicted octanol–water partition coefficient (Wildman–Crippen LogP) is 2.75. The SMILES string of the molecule is Cc1ncccc1NC(=O)CC1(C(=O)O)CCCCC1. The van der Waals surface area contributed by atoms with E-state index in [1.165, 1.54) is 0 Å². The van der Waals surface area contributed by atoms with Crippen molar-refractivity contribution in [1.29, 1.82) is 0 Å². The molecule has 5 nitrogen and oxygen atoms in total. The smallest absolute Gasteiger partial charge is 0.310 e. The molecule has 1 aromatic rings. The number of aliphatic carboxylic acids is 1. The second kappa shape index (κ2) is 6.03. The fraction of sp³-hybridized carbons (Fsp3) is 0.533. The number of carboxylic acid groups (broad SMARTS) is 1. The van der Waals surface area contributed by atoms with Crippen LogP contribution in [-0.4, -0.2) is 22.0 Å². The van der Waals surface area contributed by atoms with E-state index in [4.69, 9.17) is 0 Å². The third-order valence-corrected chi connectivity index (χ3v) is 4.04. The quantitative estimate of drug-likeness (QED) is 0.886. The van der Waals surface area contributed by atoms with Gasteiger partial charge in [0.15, 0.2) is 0 Å². The van der Waals surface area contributed by atoms with Gasteiger partial charge in [0.2, 0.25) is 5.91 Å². The maximum Gasteiger partial charge on any atom is 0.310 e. The van der Waals surface area contributed by atoms with Crippen LogP contribution in [0.1, 0.15) is 44.2 Å². The minimum absolute atomic E-state index is 0.0384. The summed E-state index contributed by atoms with van der Waals surface area (Å²) >= 11 is 0. The third kappa shape index (κ3) is 3.15. The summed E-state index contributed by atoms with van der Waals surface area (Å²) in [6.45, 7) is 1.81. The molecule has 2 N–H and O–H groups in total. The summed E-state index contributed by atoms with van der Waals surface area (Å²) < 4.78 is 0. The zero-order chi connectivity index (χ0) is 14.6. The van der Waals surface area contributed by atoms with Gasteiger partial charge in [0, 0.05) is 12.6 Å². The molecule has 1 heterocycles. The van der Waals surface area contributed by atoms with E-state index in [0.717, 1.165) is 25.0 Å². The standard InChI is InChI=1S/C15H20N2O3/c1-11-12(6-5-9-16-11)17-13(18)10-15(14(19)20)7-3-2-4-8-15/h5-6,9H,2-4,7-8,10H2,1H3,(H,17,18)(H,19,20). The molecule has 1 aromatic heterocycles. The summed E-state index contributed by atoms with van der Waals surface area (Å²) in [5.74, 6) is -1.10. The van der Waals surface area contributed by atoms with Gasteiger partial charge in [0.25, 0.3) is 0 Å². The van der Waals surface area contributed by atoms with Gasteiger partial charge in [-0.05, 0) is 31.9 Å². The molecule has 5 heteroatoms. The predicted molar refractivity (Wildman–Crippen MR) is 75.4 cm³/mol. The Morgan fingerprint density at radius 1 is 1.35 bits per heavy atom. The molecule has 0 bridgehead atoms. The number of aromatic nitrogens is 1. The first-order valence-corrected chi connectivity index (χ1v) is 6.98. The molecule has 108 valence electrons. The molecule has 0 radical (unpaired) electrons. The second-order valence-electron chi connectivity index (χ2n) is 5.51. The number of hydrogen-bond acceptors (Lipinski definition) is 3. The number of aryl methyl sites for hydroxylation is 1. The number of nitrogens with one attached hydrogen (secondary N) is 1. The van der Waals surface area contributed by atoms with Crippen LogP contribution < -0.4 is 5.32 Å². The Bertz CT molecular complexity index is 508. The van der Waals surface area contributed by atoms with Gasteiger partial charge in [-0.25, -0.2) is 0 Å². The summed E-state index contributed by atoms with van der Waals surface area (Å²) in [5, 5.41) is 12.2. The third-order valence-electron chi connectivity index (χ3n) is 4.04. The molecule has 1 aliphatic rings. The first kappa shape index (κ1) is 14.5. The monoisotopic (exact) mass is 276 g/mol. The molecule has 0 saturated heterocycles. The van der Waals surface area contributed by atoms with Gasteiger partial charge in [-0.15, -0.1) is 0 Å².